The van der Waals surface area contributed by atoms with Gasteiger partial charge in [0, 0.05) is 0 Å². The lowest BCUT2D eigenvalue weighted by Gasteiger charge is -2.16. The molecule has 1 aromatic rings. The molecule has 0 N–H and O–H groups in total. The fourth-order valence-corrected chi connectivity index (χ4v) is 1.78. The van der Waals surface area contributed by atoms with Gasteiger partial charge >= 0.3 is 0 Å². The zero-order chi connectivity index (χ0) is 7.52. The molecule has 1 unspecified atom stereocenters. The van der Waals surface area contributed by atoms with Crippen LogP contribution in [0.3, 0.4) is 0 Å². The number of hydrogen-bond donors (Lipinski definition) is 0. The van der Waals surface area contributed by atoms with Crippen LogP contribution in [0, 0.1) is 6.42 Å². The van der Waals surface area contributed by atoms with Crippen molar-refractivity contribution in [3.05, 3.63) is 42.3 Å². The number of rotatable bonds is 1. The SMILES string of the molecule is c1ccc(C2[CH-]CCC2)cc1. The van der Waals surface area contributed by atoms with Gasteiger partial charge in [-0.1, -0.05) is 48.7 Å². The van der Waals surface area contributed by atoms with E-state index in [2.05, 4.69) is 36.8 Å². The lowest BCUT2D eigenvalue weighted by atomic mass is 9.98. The van der Waals surface area contributed by atoms with Crippen molar-refractivity contribution in [3.63, 3.8) is 0 Å². The molecule has 0 aromatic heterocycles. The maximum atomic E-state index is 2.44. The molecular formula is C11H13-. The molecule has 1 fully saturated rings. The van der Waals surface area contributed by atoms with Gasteiger partial charge in [0.05, 0.1) is 0 Å². The molecule has 0 bridgehead atoms. The first-order valence-corrected chi connectivity index (χ1v) is 4.35. The molecule has 58 valence electrons. The van der Waals surface area contributed by atoms with Crippen LogP contribution in [-0.4, -0.2) is 0 Å². The highest BCUT2D eigenvalue weighted by atomic mass is 14.2. The van der Waals surface area contributed by atoms with Gasteiger partial charge in [-0.2, -0.15) is 6.42 Å². The van der Waals surface area contributed by atoms with Crippen molar-refractivity contribution >= 4 is 0 Å². The standard InChI is InChI=1S/C11H13/c1-2-6-10(7-3-1)11-8-4-5-9-11/h1-3,6-8,11H,4-5,9H2/q-1. The monoisotopic (exact) mass is 145 g/mol. The smallest absolute Gasteiger partial charge is 0.0614 e. The minimum Gasteiger partial charge on any atom is -0.321 e. The summed E-state index contributed by atoms with van der Waals surface area (Å²) in [6.07, 6.45) is 6.47. The van der Waals surface area contributed by atoms with Gasteiger partial charge in [0.1, 0.15) is 0 Å². The van der Waals surface area contributed by atoms with E-state index >= 15 is 0 Å². The largest absolute Gasteiger partial charge is 0.321 e. The van der Waals surface area contributed by atoms with Crippen LogP contribution in [-0.2, 0) is 0 Å². The predicted octanol–water partition coefficient (Wildman–Crippen LogP) is 3.16. The molecule has 2 rings (SSSR count). The van der Waals surface area contributed by atoms with E-state index in [4.69, 9.17) is 0 Å². The summed E-state index contributed by atoms with van der Waals surface area (Å²) in [5, 5.41) is 0. The molecule has 0 spiro atoms. The number of benzene rings is 1. The van der Waals surface area contributed by atoms with Crippen molar-refractivity contribution in [2.75, 3.05) is 0 Å². The molecule has 1 aromatic carbocycles. The van der Waals surface area contributed by atoms with E-state index in [0.717, 1.165) is 5.92 Å². The van der Waals surface area contributed by atoms with Crippen LogP contribution in [0.2, 0.25) is 0 Å². The fourth-order valence-electron chi connectivity index (χ4n) is 1.78. The van der Waals surface area contributed by atoms with Crippen LogP contribution in [0.5, 0.6) is 0 Å². The molecule has 1 atom stereocenters. The molecule has 0 saturated heterocycles. The van der Waals surface area contributed by atoms with Gasteiger partial charge in [-0.3, -0.25) is 0 Å². The van der Waals surface area contributed by atoms with Gasteiger partial charge in [-0.05, 0) is 0 Å². The molecule has 0 aliphatic heterocycles. The van der Waals surface area contributed by atoms with Gasteiger partial charge in [-0.15, -0.1) is 5.92 Å². The lowest BCUT2D eigenvalue weighted by molar-refractivity contribution is 0.791. The van der Waals surface area contributed by atoms with E-state index < -0.39 is 0 Å². The van der Waals surface area contributed by atoms with Crippen molar-refractivity contribution < 1.29 is 0 Å². The van der Waals surface area contributed by atoms with Crippen molar-refractivity contribution in [2.45, 2.75) is 25.2 Å². The van der Waals surface area contributed by atoms with E-state index in [-0.39, 0.29) is 0 Å². The first-order chi connectivity index (χ1) is 5.47. The Kier molecular flexibility index (Phi) is 1.93. The molecule has 0 heterocycles. The highest BCUT2D eigenvalue weighted by Gasteiger charge is 2.06. The fraction of sp³-hybridized carbons (Fsp3) is 0.364. The molecule has 0 heteroatoms. The Hall–Kier alpha value is -0.780. The zero-order valence-corrected chi connectivity index (χ0v) is 6.66. The molecule has 0 nitrogen and oxygen atoms in total. The van der Waals surface area contributed by atoms with Gasteiger partial charge in [0.15, 0.2) is 0 Å². The van der Waals surface area contributed by atoms with Gasteiger partial charge in [-0.25, -0.2) is 0 Å². The van der Waals surface area contributed by atoms with E-state index in [1.807, 2.05) is 0 Å². The Morgan fingerprint density at radius 3 is 2.64 bits per heavy atom. The van der Waals surface area contributed by atoms with Gasteiger partial charge < -0.3 is 6.42 Å². The third kappa shape index (κ3) is 1.45. The van der Waals surface area contributed by atoms with E-state index in [0.29, 0.717) is 0 Å². The van der Waals surface area contributed by atoms with E-state index in [1.54, 1.807) is 0 Å². The summed E-state index contributed by atoms with van der Waals surface area (Å²) in [5.74, 6) is 0.746. The molecule has 0 amide bonds. The maximum Gasteiger partial charge on any atom is -0.0614 e. The van der Waals surface area contributed by atoms with Crippen molar-refractivity contribution in [3.8, 4) is 0 Å². The van der Waals surface area contributed by atoms with Crippen LogP contribution >= 0.6 is 0 Å². The molecule has 1 aliphatic rings. The Morgan fingerprint density at radius 1 is 1.18 bits per heavy atom. The second kappa shape index (κ2) is 3.08. The molecule has 11 heavy (non-hydrogen) atoms. The topological polar surface area (TPSA) is 0 Å². The summed E-state index contributed by atoms with van der Waals surface area (Å²) in [7, 11) is 0. The molecule has 0 radical (unpaired) electrons. The molecule has 1 saturated carbocycles. The second-order valence-corrected chi connectivity index (χ2v) is 3.18. The number of hydrogen-bond acceptors (Lipinski definition) is 0. The summed E-state index contributed by atoms with van der Waals surface area (Å²) in [4.78, 5) is 0. The van der Waals surface area contributed by atoms with Crippen molar-refractivity contribution in [2.24, 2.45) is 0 Å². The van der Waals surface area contributed by atoms with Crippen molar-refractivity contribution in [1.82, 2.24) is 0 Å². The minimum atomic E-state index is 0.746. The van der Waals surface area contributed by atoms with Crippen LogP contribution in [0.25, 0.3) is 0 Å². The Bertz CT molecular complexity index is 207. The minimum absolute atomic E-state index is 0.746. The Morgan fingerprint density at radius 2 is 2.00 bits per heavy atom. The van der Waals surface area contributed by atoms with Crippen LogP contribution in [0.4, 0.5) is 0 Å². The van der Waals surface area contributed by atoms with E-state index in [9.17, 15) is 0 Å². The summed E-state index contributed by atoms with van der Waals surface area (Å²) < 4.78 is 0. The van der Waals surface area contributed by atoms with Gasteiger partial charge in [0.2, 0.25) is 0 Å². The third-order valence-electron chi connectivity index (χ3n) is 2.40. The average molecular weight is 145 g/mol. The molecule has 1 aliphatic carbocycles. The summed E-state index contributed by atoms with van der Waals surface area (Å²) in [5.41, 5.74) is 1.49. The van der Waals surface area contributed by atoms with Crippen LogP contribution in [0.1, 0.15) is 30.7 Å². The first-order valence-electron chi connectivity index (χ1n) is 4.35. The van der Waals surface area contributed by atoms with Crippen molar-refractivity contribution in [1.29, 1.82) is 0 Å². The van der Waals surface area contributed by atoms with Crippen LogP contribution in [0.15, 0.2) is 30.3 Å². The average Bonchev–Trinajstić information content (AvgIpc) is 2.58. The Labute approximate surface area is 68.3 Å². The first kappa shape index (κ1) is 6.90. The van der Waals surface area contributed by atoms with E-state index in [1.165, 1.54) is 24.8 Å². The quantitative estimate of drug-likeness (QED) is 0.532. The Balaban J connectivity index is 2.16. The predicted molar refractivity (Wildman–Crippen MR) is 47.3 cm³/mol. The summed E-state index contributed by atoms with van der Waals surface area (Å²) in [6, 6.07) is 10.8. The zero-order valence-electron chi connectivity index (χ0n) is 6.66. The third-order valence-corrected chi connectivity index (χ3v) is 2.40. The second-order valence-electron chi connectivity index (χ2n) is 3.18. The van der Waals surface area contributed by atoms with Crippen LogP contribution < -0.4 is 0 Å². The lowest BCUT2D eigenvalue weighted by Crippen LogP contribution is -1.90. The highest BCUT2D eigenvalue weighted by molar-refractivity contribution is 5.23. The molecular weight excluding hydrogens is 132 g/mol. The maximum absolute atomic E-state index is 2.44. The summed E-state index contributed by atoms with van der Waals surface area (Å²) in [6.45, 7) is 0. The normalized spacial score (nSPS) is 23.8. The summed E-state index contributed by atoms with van der Waals surface area (Å²) >= 11 is 0. The van der Waals surface area contributed by atoms with Gasteiger partial charge in [0.25, 0.3) is 0 Å². The highest BCUT2D eigenvalue weighted by Crippen LogP contribution is 2.32.